The van der Waals surface area contributed by atoms with E-state index in [4.69, 9.17) is 23.2 Å². The molecule has 0 aliphatic carbocycles. The number of methoxy groups -OCH3 is 1. The van der Waals surface area contributed by atoms with Gasteiger partial charge in [0.05, 0.1) is 17.7 Å². The lowest BCUT2D eigenvalue weighted by Gasteiger charge is -2.34. The second-order valence-electron chi connectivity index (χ2n) is 6.37. The summed E-state index contributed by atoms with van der Waals surface area (Å²) in [5.41, 5.74) is 2.21. The lowest BCUT2D eigenvalue weighted by molar-refractivity contribution is -0.215. The number of halogens is 5. The molecule has 3 N–H and O–H groups in total. The third kappa shape index (κ3) is 4.97. The van der Waals surface area contributed by atoms with Gasteiger partial charge in [-0.1, -0.05) is 29.3 Å². The third-order valence-corrected chi connectivity index (χ3v) is 4.84. The van der Waals surface area contributed by atoms with Crippen molar-refractivity contribution in [3.05, 3.63) is 63.1 Å². The zero-order valence-corrected chi connectivity index (χ0v) is 17.6. The van der Waals surface area contributed by atoms with Gasteiger partial charge in [-0.25, -0.2) is 4.79 Å². The van der Waals surface area contributed by atoms with E-state index in [0.717, 1.165) is 24.3 Å². The molecule has 2 aromatic rings. The van der Waals surface area contributed by atoms with Crippen molar-refractivity contribution >= 4 is 40.8 Å². The number of anilines is 1. The number of ether oxygens (including phenoxy) is 1. The number of benzene rings is 2. The number of nitrogens with one attached hydrogen (secondary N) is 3. The number of alkyl halides is 3. The first-order valence-electron chi connectivity index (χ1n) is 8.44. The van der Waals surface area contributed by atoms with Gasteiger partial charge < -0.3 is 15.5 Å². The van der Waals surface area contributed by atoms with Gasteiger partial charge in [0.25, 0.3) is 5.91 Å². The van der Waals surface area contributed by atoms with Crippen molar-refractivity contribution in [1.82, 2.24) is 10.7 Å². The number of rotatable bonds is 6. The summed E-state index contributed by atoms with van der Waals surface area (Å²) in [5, 5.41) is 1.64. The summed E-state index contributed by atoms with van der Waals surface area (Å²) in [4.78, 5) is 24.8. The highest BCUT2D eigenvalue weighted by molar-refractivity contribution is 6.36. The molecule has 0 saturated heterocycles. The summed E-state index contributed by atoms with van der Waals surface area (Å²) < 4.78 is 46.4. The van der Waals surface area contributed by atoms with E-state index in [-0.39, 0.29) is 21.3 Å². The maximum atomic E-state index is 14.0. The van der Waals surface area contributed by atoms with Gasteiger partial charge in [0.1, 0.15) is 0 Å². The number of hydrogen-bond donors (Lipinski definition) is 3. The minimum absolute atomic E-state index is 0.182. The molecule has 0 spiro atoms. The van der Waals surface area contributed by atoms with Gasteiger partial charge in [-0.2, -0.15) is 18.6 Å². The van der Waals surface area contributed by atoms with Gasteiger partial charge >= 0.3 is 17.8 Å². The second-order valence-corrected chi connectivity index (χ2v) is 7.21. The Morgan fingerprint density at radius 2 is 1.67 bits per heavy atom. The van der Waals surface area contributed by atoms with Crippen LogP contribution in [0.25, 0.3) is 0 Å². The zero-order valence-electron chi connectivity index (χ0n) is 16.1. The molecule has 0 fully saturated rings. The highest BCUT2D eigenvalue weighted by atomic mass is 35.5. The van der Waals surface area contributed by atoms with E-state index in [9.17, 15) is 22.8 Å². The lowest BCUT2D eigenvalue weighted by atomic mass is 10.1. The van der Waals surface area contributed by atoms with Crippen LogP contribution in [0.3, 0.4) is 0 Å². The summed E-state index contributed by atoms with van der Waals surface area (Å²) >= 11 is 11.7. The molecule has 2 aromatic carbocycles. The Labute approximate surface area is 180 Å². The van der Waals surface area contributed by atoms with Crippen LogP contribution in [-0.4, -0.2) is 30.8 Å². The quantitative estimate of drug-likeness (QED) is 0.336. The van der Waals surface area contributed by atoms with E-state index in [1.165, 1.54) is 18.2 Å². The van der Waals surface area contributed by atoms with Crippen LogP contribution in [0.1, 0.15) is 21.5 Å². The van der Waals surface area contributed by atoms with Crippen LogP contribution in [0.2, 0.25) is 10.0 Å². The number of carbonyl (C=O) groups excluding carboxylic acids is 2. The van der Waals surface area contributed by atoms with Crippen molar-refractivity contribution in [2.45, 2.75) is 25.7 Å². The number of esters is 1. The van der Waals surface area contributed by atoms with Crippen molar-refractivity contribution in [2.24, 2.45) is 0 Å². The fourth-order valence-corrected chi connectivity index (χ4v) is 2.93. The largest absolute Gasteiger partial charge is 0.466 e. The Morgan fingerprint density at radius 3 is 2.20 bits per heavy atom. The minimum atomic E-state index is -5.29. The van der Waals surface area contributed by atoms with Crippen LogP contribution in [0.15, 0.2) is 36.4 Å². The molecule has 0 aliphatic heterocycles. The Kier molecular flexibility index (Phi) is 7.23. The molecule has 0 unspecified atom stereocenters. The molecule has 0 heterocycles. The minimum Gasteiger partial charge on any atom is -0.466 e. The molecule has 0 saturated carbocycles. The van der Waals surface area contributed by atoms with Gasteiger partial charge in [0.2, 0.25) is 0 Å². The van der Waals surface area contributed by atoms with Gasteiger partial charge in [-0.15, -0.1) is 0 Å². The first kappa shape index (κ1) is 23.8. The molecule has 6 nitrogen and oxygen atoms in total. The summed E-state index contributed by atoms with van der Waals surface area (Å²) in [5.74, 6) is -3.06. The fraction of sp³-hybridized carbons (Fsp3) is 0.263. The van der Waals surface area contributed by atoms with E-state index in [0.29, 0.717) is 0 Å². The lowest BCUT2D eigenvalue weighted by Crippen LogP contribution is -2.73. The predicted octanol–water partition coefficient (Wildman–Crippen LogP) is 4.39. The van der Waals surface area contributed by atoms with Gasteiger partial charge in [0, 0.05) is 10.7 Å². The first-order valence-corrected chi connectivity index (χ1v) is 9.20. The van der Waals surface area contributed by atoms with Crippen molar-refractivity contribution in [2.75, 3.05) is 12.5 Å². The highest BCUT2D eigenvalue weighted by Crippen LogP contribution is 2.31. The average molecular weight is 464 g/mol. The van der Waals surface area contributed by atoms with Crippen LogP contribution >= 0.6 is 23.2 Å². The Bertz CT molecular complexity index is 970. The van der Waals surface area contributed by atoms with Gasteiger partial charge in [0.15, 0.2) is 0 Å². The molecule has 0 bridgehead atoms. The van der Waals surface area contributed by atoms with Crippen LogP contribution in [0.5, 0.6) is 0 Å². The Morgan fingerprint density at radius 1 is 1.00 bits per heavy atom. The summed E-state index contributed by atoms with van der Waals surface area (Å²) in [6.07, 6.45) is -5.29. The van der Waals surface area contributed by atoms with Gasteiger partial charge in [-0.3, -0.25) is 4.79 Å². The number of hydrogen-bond acceptors (Lipinski definition) is 5. The monoisotopic (exact) mass is 463 g/mol. The van der Waals surface area contributed by atoms with Crippen LogP contribution in [0, 0.1) is 13.8 Å². The fourth-order valence-electron chi connectivity index (χ4n) is 2.44. The van der Waals surface area contributed by atoms with E-state index in [1.54, 1.807) is 24.4 Å². The Hall–Kier alpha value is -2.49. The highest BCUT2D eigenvalue weighted by Gasteiger charge is 2.63. The molecule has 0 radical (unpaired) electrons. The molecule has 30 heavy (non-hydrogen) atoms. The standard InChI is InChI=1S/C19H18Cl2F3N3O3/c1-10-4-6-13(8-11(10)2)26-27-18(17(29)30-3,19(22,23)24)25-16(28)14-7-5-12(20)9-15(14)21/h4-9,26-27H,1-3H3,(H,25,28)/t18-/m0/s1. The summed E-state index contributed by atoms with van der Waals surface area (Å²) in [6, 6.07) is 8.35. The number of amides is 1. The number of hydrazine groups is 1. The molecular weight excluding hydrogens is 446 g/mol. The van der Waals surface area contributed by atoms with Crippen molar-refractivity contribution in [3.8, 4) is 0 Å². The van der Waals surface area contributed by atoms with Crippen LogP contribution < -0.4 is 16.2 Å². The average Bonchev–Trinajstić information content (AvgIpc) is 2.65. The maximum Gasteiger partial charge on any atom is 0.438 e. The van der Waals surface area contributed by atoms with Crippen LogP contribution in [-0.2, 0) is 9.53 Å². The molecule has 11 heteroatoms. The van der Waals surface area contributed by atoms with E-state index < -0.39 is 23.7 Å². The maximum absolute atomic E-state index is 14.0. The van der Waals surface area contributed by atoms with Gasteiger partial charge in [-0.05, 0) is 55.3 Å². The topological polar surface area (TPSA) is 79.5 Å². The van der Waals surface area contributed by atoms with E-state index in [1.807, 2.05) is 12.3 Å². The predicted molar refractivity (Wildman–Crippen MR) is 107 cm³/mol. The molecular formula is C19H18Cl2F3N3O3. The molecule has 1 amide bonds. The number of aryl methyl sites for hydroxylation is 2. The Balaban J connectivity index is 2.43. The molecule has 162 valence electrons. The molecule has 0 aliphatic rings. The SMILES string of the molecule is COC(=O)[C@@](NNc1ccc(C)c(C)c1)(NC(=O)c1ccc(Cl)cc1Cl)C(F)(F)F. The van der Waals surface area contributed by atoms with E-state index >= 15 is 0 Å². The van der Waals surface area contributed by atoms with E-state index in [2.05, 4.69) is 10.2 Å². The van der Waals surface area contributed by atoms with Crippen molar-refractivity contribution in [1.29, 1.82) is 0 Å². The smallest absolute Gasteiger partial charge is 0.438 e. The van der Waals surface area contributed by atoms with Crippen molar-refractivity contribution in [3.63, 3.8) is 0 Å². The molecule has 0 aromatic heterocycles. The second kappa shape index (κ2) is 9.11. The number of carbonyl (C=O) groups is 2. The molecule has 2 rings (SSSR count). The summed E-state index contributed by atoms with van der Waals surface area (Å²) in [6.45, 7) is 3.60. The van der Waals surface area contributed by atoms with Crippen molar-refractivity contribution < 1.29 is 27.5 Å². The summed E-state index contributed by atoms with van der Waals surface area (Å²) in [7, 11) is 0.766. The molecule has 1 atom stereocenters. The van der Waals surface area contributed by atoms with Crippen LogP contribution in [0.4, 0.5) is 18.9 Å². The zero-order chi connectivity index (χ0) is 22.7. The normalized spacial score (nSPS) is 13.3. The third-order valence-electron chi connectivity index (χ3n) is 4.29. The first-order chi connectivity index (χ1) is 13.9.